The third-order valence-electron chi connectivity index (χ3n) is 4.68. The molecule has 0 aromatic carbocycles. The molecule has 5 nitrogen and oxygen atoms in total. The molecule has 1 atom stereocenters. The average Bonchev–Trinajstić information content (AvgIpc) is 3.00. The van der Waals surface area contributed by atoms with E-state index in [0.29, 0.717) is 18.4 Å². The van der Waals surface area contributed by atoms with Gasteiger partial charge in [-0.2, -0.15) is 4.98 Å². The Balaban J connectivity index is 1.69. The topological polar surface area (TPSA) is 70.3 Å². The second-order valence-corrected chi connectivity index (χ2v) is 6.39. The zero-order valence-electron chi connectivity index (χ0n) is 12.8. The molecule has 0 spiro atoms. The van der Waals surface area contributed by atoms with Crippen molar-refractivity contribution < 1.29 is 9.47 Å². The van der Waals surface area contributed by atoms with Crippen LogP contribution in [0.5, 0.6) is 5.88 Å². The largest absolute Gasteiger partial charge is 0.475 e. The zero-order valence-corrected chi connectivity index (χ0v) is 12.8. The maximum atomic E-state index is 5.93. The Bertz CT molecular complexity index is 467. The quantitative estimate of drug-likeness (QED) is 0.923. The SMILES string of the molecule is CC1CCC(c2cnc(N)nc2OCC2CCCO2)CC1. The minimum Gasteiger partial charge on any atom is -0.475 e. The van der Waals surface area contributed by atoms with Crippen molar-refractivity contribution in [2.24, 2.45) is 5.92 Å². The Morgan fingerprint density at radius 3 is 2.81 bits per heavy atom. The van der Waals surface area contributed by atoms with Gasteiger partial charge in [0.2, 0.25) is 11.8 Å². The van der Waals surface area contributed by atoms with E-state index < -0.39 is 0 Å². The van der Waals surface area contributed by atoms with Crippen LogP contribution in [0.25, 0.3) is 0 Å². The van der Waals surface area contributed by atoms with Gasteiger partial charge in [0.15, 0.2) is 0 Å². The van der Waals surface area contributed by atoms with E-state index in [1.54, 1.807) is 0 Å². The van der Waals surface area contributed by atoms with E-state index in [4.69, 9.17) is 15.2 Å². The molecular weight excluding hydrogens is 266 g/mol. The third kappa shape index (κ3) is 3.64. The molecule has 2 N–H and O–H groups in total. The van der Waals surface area contributed by atoms with Crippen molar-refractivity contribution in [2.45, 2.75) is 57.5 Å². The summed E-state index contributed by atoms with van der Waals surface area (Å²) in [6.07, 6.45) is 9.13. The van der Waals surface area contributed by atoms with Gasteiger partial charge in [-0.05, 0) is 37.5 Å². The summed E-state index contributed by atoms with van der Waals surface area (Å²) >= 11 is 0. The second kappa shape index (κ2) is 6.60. The van der Waals surface area contributed by atoms with E-state index in [1.165, 1.54) is 25.7 Å². The fourth-order valence-electron chi connectivity index (χ4n) is 3.30. The minimum atomic E-state index is 0.195. The molecule has 1 aliphatic heterocycles. The smallest absolute Gasteiger partial charge is 0.223 e. The van der Waals surface area contributed by atoms with Gasteiger partial charge in [-0.1, -0.05) is 19.8 Å². The molecule has 3 rings (SSSR count). The standard InChI is InChI=1S/C16H25N3O2/c1-11-4-6-12(7-5-11)14-9-18-16(17)19-15(14)21-10-13-3-2-8-20-13/h9,11-13H,2-8,10H2,1H3,(H2,17,18,19). The van der Waals surface area contributed by atoms with Gasteiger partial charge < -0.3 is 15.2 Å². The summed E-state index contributed by atoms with van der Waals surface area (Å²) in [5, 5.41) is 0. The lowest BCUT2D eigenvalue weighted by atomic mass is 9.80. The van der Waals surface area contributed by atoms with E-state index in [1.807, 2.05) is 6.20 Å². The number of nitrogens with two attached hydrogens (primary N) is 1. The van der Waals surface area contributed by atoms with Crippen molar-refractivity contribution in [1.29, 1.82) is 0 Å². The molecule has 21 heavy (non-hydrogen) atoms. The zero-order chi connectivity index (χ0) is 14.7. The van der Waals surface area contributed by atoms with E-state index in [2.05, 4.69) is 16.9 Å². The van der Waals surface area contributed by atoms with Crippen molar-refractivity contribution in [3.63, 3.8) is 0 Å². The van der Waals surface area contributed by atoms with Crippen molar-refractivity contribution >= 4 is 5.95 Å². The van der Waals surface area contributed by atoms with E-state index in [9.17, 15) is 0 Å². The summed E-state index contributed by atoms with van der Waals surface area (Å²) in [7, 11) is 0. The molecule has 116 valence electrons. The summed E-state index contributed by atoms with van der Waals surface area (Å²) in [6, 6.07) is 0. The average molecular weight is 291 g/mol. The predicted molar refractivity (Wildman–Crippen MR) is 81.3 cm³/mol. The molecule has 1 saturated carbocycles. The first-order chi connectivity index (χ1) is 10.2. The fraction of sp³-hybridized carbons (Fsp3) is 0.750. The summed E-state index contributed by atoms with van der Waals surface area (Å²) in [5.74, 6) is 2.27. The van der Waals surface area contributed by atoms with Crippen LogP contribution in [0, 0.1) is 5.92 Å². The van der Waals surface area contributed by atoms with Crippen LogP contribution >= 0.6 is 0 Å². The van der Waals surface area contributed by atoms with E-state index in [-0.39, 0.29) is 12.1 Å². The molecule has 1 unspecified atom stereocenters. The summed E-state index contributed by atoms with van der Waals surface area (Å²) in [5.41, 5.74) is 6.85. The lowest BCUT2D eigenvalue weighted by Crippen LogP contribution is -2.19. The lowest BCUT2D eigenvalue weighted by Gasteiger charge is -2.27. The molecule has 5 heteroatoms. The number of anilines is 1. The Hall–Kier alpha value is -1.36. The maximum Gasteiger partial charge on any atom is 0.223 e. The summed E-state index contributed by atoms with van der Waals surface area (Å²) in [4.78, 5) is 8.49. The molecule has 0 amide bonds. The first kappa shape index (κ1) is 14.6. The highest BCUT2D eigenvalue weighted by atomic mass is 16.5. The monoisotopic (exact) mass is 291 g/mol. The van der Waals surface area contributed by atoms with Gasteiger partial charge in [0.25, 0.3) is 0 Å². The summed E-state index contributed by atoms with van der Waals surface area (Å²) < 4.78 is 11.5. The van der Waals surface area contributed by atoms with Gasteiger partial charge >= 0.3 is 0 Å². The number of nitrogens with zero attached hydrogens (tertiary/aromatic N) is 2. The van der Waals surface area contributed by atoms with Crippen LogP contribution < -0.4 is 10.5 Å². The van der Waals surface area contributed by atoms with Gasteiger partial charge in [0.05, 0.1) is 6.10 Å². The van der Waals surface area contributed by atoms with Crippen LogP contribution in [-0.2, 0) is 4.74 Å². The van der Waals surface area contributed by atoms with Gasteiger partial charge in [0.1, 0.15) is 6.61 Å². The van der Waals surface area contributed by atoms with Crippen LogP contribution in [-0.4, -0.2) is 29.3 Å². The molecule has 2 heterocycles. The number of ether oxygens (including phenoxy) is 2. The summed E-state index contributed by atoms with van der Waals surface area (Å²) in [6.45, 7) is 3.73. The molecule has 2 fully saturated rings. The normalized spacial score (nSPS) is 29.5. The Kier molecular flexibility index (Phi) is 4.58. The van der Waals surface area contributed by atoms with Gasteiger partial charge in [-0.15, -0.1) is 0 Å². The molecular formula is C16H25N3O2. The van der Waals surface area contributed by atoms with Crippen molar-refractivity contribution in [3.05, 3.63) is 11.8 Å². The number of nitrogen functional groups attached to an aromatic ring is 1. The fourth-order valence-corrected chi connectivity index (χ4v) is 3.30. The highest BCUT2D eigenvalue weighted by molar-refractivity contribution is 5.33. The van der Waals surface area contributed by atoms with E-state index >= 15 is 0 Å². The molecule has 0 bridgehead atoms. The van der Waals surface area contributed by atoms with Crippen LogP contribution in [0.4, 0.5) is 5.95 Å². The third-order valence-corrected chi connectivity index (χ3v) is 4.68. The van der Waals surface area contributed by atoms with Gasteiger partial charge in [-0.25, -0.2) is 4.98 Å². The molecule has 0 radical (unpaired) electrons. The van der Waals surface area contributed by atoms with Crippen LogP contribution in [0.15, 0.2) is 6.20 Å². The van der Waals surface area contributed by atoms with Crippen LogP contribution in [0.1, 0.15) is 56.9 Å². The van der Waals surface area contributed by atoms with E-state index in [0.717, 1.165) is 30.9 Å². The van der Waals surface area contributed by atoms with Gasteiger partial charge in [0, 0.05) is 18.4 Å². The van der Waals surface area contributed by atoms with Crippen LogP contribution in [0.2, 0.25) is 0 Å². The van der Waals surface area contributed by atoms with Crippen molar-refractivity contribution in [3.8, 4) is 5.88 Å². The second-order valence-electron chi connectivity index (χ2n) is 6.39. The predicted octanol–water partition coefficient (Wildman–Crippen LogP) is 2.91. The molecule has 1 aromatic rings. The highest BCUT2D eigenvalue weighted by Crippen LogP contribution is 2.38. The number of aromatic nitrogens is 2. The molecule has 1 aliphatic carbocycles. The van der Waals surface area contributed by atoms with Crippen LogP contribution in [0.3, 0.4) is 0 Å². The number of hydrogen-bond acceptors (Lipinski definition) is 5. The molecule has 2 aliphatic rings. The number of hydrogen-bond donors (Lipinski definition) is 1. The Labute approximate surface area is 126 Å². The van der Waals surface area contributed by atoms with Crippen molar-refractivity contribution in [2.75, 3.05) is 18.9 Å². The Morgan fingerprint density at radius 2 is 2.10 bits per heavy atom. The van der Waals surface area contributed by atoms with Crippen molar-refractivity contribution in [1.82, 2.24) is 9.97 Å². The Morgan fingerprint density at radius 1 is 1.29 bits per heavy atom. The highest BCUT2D eigenvalue weighted by Gasteiger charge is 2.25. The maximum absolute atomic E-state index is 5.93. The first-order valence-corrected chi connectivity index (χ1v) is 8.09. The molecule has 1 aromatic heterocycles. The molecule has 1 saturated heterocycles. The lowest BCUT2D eigenvalue weighted by molar-refractivity contribution is 0.0656. The minimum absolute atomic E-state index is 0.195. The number of rotatable bonds is 4. The van der Waals surface area contributed by atoms with Gasteiger partial charge in [-0.3, -0.25) is 0 Å². The first-order valence-electron chi connectivity index (χ1n) is 8.09.